The Morgan fingerprint density at radius 1 is 1.24 bits per heavy atom. The summed E-state index contributed by atoms with van der Waals surface area (Å²) in [7, 11) is 0. The van der Waals surface area contributed by atoms with Gasteiger partial charge in [-0.2, -0.15) is 0 Å². The molecule has 0 radical (unpaired) electrons. The van der Waals surface area contributed by atoms with E-state index in [1.807, 2.05) is 45.0 Å². The average Bonchev–Trinajstić information content (AvgIpc) is 2.53. The molecule has 0 N–H and O–H groups in total. The Labute approximate surface area is 110 Å². The lowest BCUT2D eigenvalue weighted by Crippen LogP contribution is -2.37. The van der Waals surface area contributed by atoms with Crippen LogP contribution in [0.4, 0.5) is 0 Å². The first-order valence-corrected chi connectivity index (χ1v) is 6.40. The zero-order valence-corrected chi connectivity index (χ0v) is 11.9. The number of hydrogen-bond acceptors (Lipinski definition) is 3. The van der Waals surface area contributed by atoms with E-state index in [0.717, 1.165) is 10.2 Å². The monoisotopic (exact) mass is 300 g/mol. The van der Waals surface area contributed by atoms with Crippen LogP contribution in [0.15, 0.2) is 28.7 Å². The van der Waals surface area contributed by atoms with Gasteiger partial charge in [0, 0.05) is 4.47 Å². The van der Waals surface area contributed by atoms with E-state index in [4.69, 9.17) is 14.2 Å². The van der Waals surface area contributed by atoms with E-state index in [1.165, 1.54) is 0 Å². The van der Waals surface area contributed by atoms with Gasteiger partial charge in [0.15, 0.2) is 5.79 Å². The molecule has 0 spiro atoms. The lowest BCUT2D eigenvalue weighted by molar-refractivity contribution is -0.162. The van der Waals surface area contributed by atoms with Crippen molar-refractivity contribution in [1.29, 1.82) is 0 Å². The summed E-state index contributed by atoms with van der Waals surface area (Å²) in [6.07, 6.45) is 0. The topological polar surface area (TPSA) is 27.7 Å². The summed E-state index contributed by atoms with van der Waals surface area (Å²) in [5.74, 6) is 0.320. The van der Waals surface area contributed by atoms with Gasteiger partial charge in [-0.1, -0.05) is 15.9 Å². The minimum atomic E-state index is -0.516. The van der Waals surface area contributed by atoms with E-state index in [2.05, 4.69) is 15.9 Å². The number of hydrogen-bond donors (Lipinski definition) is 0. The minimum absolute atomic E-state index is 0.378. The van der Waals surface area contributed by atoms with Gasteiger partial charge in [0.05, 0.1) is 6.61 Å². The van der Waals surface area contributed by atoms with Crippen LogP contribution in [-0.2, 0) is 9.47 Å². The SMILES string of the molecule is CC1(C)OC[C@](C)(COc2ccc(Br)cc2)O1. The van der Waals surface area contributed by atoms with Crippen LogP contribution in [0.5, 0.6) is 5.75 Å². The standard InChI is InChI=1S/C13H17BrO3/c1-12(2)16-9-13(3,17-12)8-15-11-6-4-10(14)5-7-11/h4-7H,8-9H2,1-3H3/t13-/m0/s1. The lowest BCUT2D eigenvalue weighted by atomic mass is 10.1. The van der Waals surface area contributed by atoms with Crippen molar-refractivity contribution < 1.29 is 14.2 Å². The maximum absolute atomic E-state index is 5.83. The molecule has 1 aromatic carbocycles. The maximum Gasteiger partial charge on any atom is 0.163 e. The highest BCUT2D eigenvalue weighted by atomic mass is 79.9. The van der Waals surface area contributed by atoms with Crippen molar-refractivity contribution in [2.24, 2.45) is 0 Å². The Hall–Kier alpha value is -0.580. The van der Waals surface area contributed by atoms with E-state index < -0.39 is 5.79 Å². The molecule has 3 nitrogen and oxygen atoms in total. The second kappa shape index (κ2) is 4.59. The summed E-state index contributed by atoms with van der Waals surface area (Å²) in [5.41, 5.74) is -0.378. The van der Waals surface area contributed by atoms with Crippen molar-refractivity contribution >= 4 is 15.9 Å². The van der Waals surface area contributed by atoms with Gasteiger partial charge in [-0.25, -0.2) is 0 Å². The van der Waals surface area contributed by atoms with Crippen molar-refractivity contribution in [3.63, 3.8) is 0 Å². The molecule has 1 atom stereocenters. The zero-order chi connectivity index (χ0) is 12.5. The molecular formula is C13H17BrO3. The summed E-state index contributed by atoms with van der Waals surface area (Å²) in [5, 5.41) is 0. The van der Waals surface area contributed by atoms with Gasteiger partial charge in [0.25, 0.3) is 0 Å². The van der Waals surface area contributed by atoms with E-state index >= 15 is 0 Å². The van der Waals surface area contributed by atoms with Crippen LogP contribution in [-0.4, -0.2) is 24.6 Å². The van der Waals surface area contributed by atoms with Crippen LogP contribution in [0.3, 0.4) is 0 Å². The molecule has 1 aliphatic rings. The third-order valence-electron chi connectivity index (χ3n) is 2.58. The van der Waals surface area contributed by atoms with E-state index in [1.54, 1.807) is 0 Å². The zero-order valence-electron chi connectivity index (χ0n) is 10.3. The van der Waals surface area contributed by atoms with Crippen molar-refractivity contribution in [3.8, 4) is 5.75 Å². The molecule has 1 heterocycles. The fraction of sp³-hybridized carbons (Fsp3) is 0.538. The predicted octanol–water partition coefficient (Wildman–Crippen LogP) is 3.37. The van der Waals surface area contributed by atoms with Crippen LogP contribution >= 0.6 is 15.9 Å². The van der Waals surface area contributed by atoms with Crippen LogP contribution in [0.2, 0.25) is 0 Å². The van der Waals surface area contributed by atoms with E-state index in [9.17, 15) is 0 Å². The Balaban J connectivity index is 1.92. The largest absolute Gasteiger partial charge is 0.490 e. The fourth-order valence-corrected chi connectivity index (χ4v) is 2.08. The fourth-order valence-electron chi connectivity index (χ4n) is 1.82. The molecule has 0 amide bonds. The molecule has 1 saturated heterocycles. The molecule has 4 heteroatoms. The molecule has 2 rings (SSSR count). The van der Waals surface area contributed by atoms with Crippen molar-refractivity contribution in [2.45, 2.75) is 32.2 Å². The van der Waals surface area contributed by atoms with Crippen molar-refractivity contribution in [2.75, 3.05) is 13.2 Å². The van der Waals surface area contributed by atoms with Gasteiger partial charge in [-0.15, -0.1) is 0 Å². The normalized spacial score (nSPS) is 27.1. The Morgan fingerprint density at radius 3 is 2.41 bits per heavy atom. The molecule has 17 heavy (non-hydrogen) atoms. The molecule has 94 valence electrons. The molecule has 0 unspecified atom stereocenters. The second-order valence-electron chi connectivity index (χ2n) is 4.98. The van der Waals surface area contributed by atoms with Crippen molar-refractivity contribution in [3.05, 3.63) is 28.7 Å². The van der Waals surface area contributed by atoms with Gasteiger partial charge in [0.1, 0.15) is 18.0 Å². The van der Waals surface area contributed by atoms with Gasteiger partial charge in [-0.3, -0.25) is 0 Å². The van der Waals surface area contributed by atoms with E-state index in [-0.39, 0.29) is 5.60 Å². The Bertz CT molecular complexity index is 388. The quantitative estimate of drug-likeness (QED) is 0.856. The first-order valence-electron chi connectivity index (χ1n) is 5.61. The molecule has 0 aromatic heterocycles. The molecule has 1 fully saturated rings. The minimum Gasteiger partial charge on any atom is -0.490 e. The maximum atomic E-state index is 5.83. The third-order valence-corrected chi connectivity index (χ3v) is 3.10. The van der Waals surface area contributed by atoms with Gasteiger partial charge < -0.3 is 14.2 Å². The van der Waals surface area contributed by atoms with Crippen LogP contribution < -0.4 is 4.74 Å². The summed E-state index contributed by atoms with van der Waals surface area (Å²) in [6.45, 7) is 6.87. The highest BCUT2D eigenvalue weighted by Gasteiger charge is 2.42. The smallest absolute Gasteiger partial charge is 0.163 e. The summed E-state index contributed by atoms with van der Waals surface area (Å²) >= 11 is 3.39. The van der Waals surface area contributed by atoms with Gasteiger partial charge in [-0.05, 0) is 45.0 Å². The molecule has 1 aromatic rings. The molecular weight excluding hydrogens is 284 g/mol. The third kappa shape index (κ3) is 3.44. The Kier molecular flexibility index (Phi) is 3.48. The van der Waals surface area contributed by atoms with Crippen LogP contribution in [0, 0.1) is 0 Å². The molecule has 0 bridgehead atoms. The lowest BCUT2D eigenvalue weighted by Gasteiger charge is -2.25. The average molecular weight is 301 g/mol. The summed E-state index contributed by atoms with van der Waals surface area (Å²) < 4.78 is 18.1. The highest BCUT2D eigenvalue weighted by Crippen LogP contribution is 2.31. The highest BCUT2D eigenvalue weighted by molar-refractivity contribution is 9.10. The predicted molar refractivity (Wildman–Crippen MR) is 69.2 cm³/mol. The van der Waals surface area contributed by atoms with Gasteiger partial charge in [0.2, 0.25) is 0 Å². The number of rotatable bonds is 3. The van der Waals surface area contributed by atoms with Crippen molar-refractivity contribution in [1.82, 2.24) is 0 Å². The number of benzene rings is 1. The van der Waals surface area contributed by atoms with Gasteiger partial charge >= 0.3 is 0 Å². The van der Waals surface area contributed by atoms with Crippen LogP contribution in [0.1, 0.15) is 20.8 Å². The summed E-state index contributed by atoms with van der Waals surface area (Å²) in [4.78, 5) is 0. The number of ether oxygens (including phenoxy) is 3. The molecule has 1 aliphatic heterocycles. The first kappa shape index (κ1) is 12.9. The second-order valence-corrected chi connectivity index (χ2v) is 5.90. The molecule has 0 saturated carbocycles. The van der Waals surface area contributed by atoms with Crippen LogP contribution in [0.25, 0.3) is 0 Å². The Morgan fingerprint density at radius 2 is 1.88 bits per heavy atom. The number of halogens is 1. The molecule has 0 aliphatic carbocycles. The van der Waals surface area contributed by atoms with E-state index in [0.29, 0.717) is 13.2 Å². The summed E-state index contributed by atoms with van der Waals surface area (Å²) in [6, 6.07) is 7.75. The first-order chi connectivity index (χ1) is 7.89.